The largest absolute Gasteiger partial charge is 0.496 e. The lowest BCUT2D eigenvalue weighted by Crippen LogP contribution is -2.47. The van der Waals surface area contributed by atoms with Gasteiger partial charge in [-0.25, -0.2) is 4.99 Å². The lowest BCUT2D eigenvalue weighted by molar-refractivity contribution is 0.407. The van der Waals surface area contributed by atoms with E-state index in [-0.39, 0.29) is 29.5 Å². The SMILES string of the molecule is CCNC(=NCc1ncc(C)c(OC)c1C)NC(C)(C)C.I. The van der Waals surface area contributed by atoms with Gasteiger partial charge >= 0.3 is 0 Å². The monoisotopic (exact) mass is 420 g/mol. The summed E-state index contributed by atoms with van der Waals surface area (Å²) in [5.74, 6) is 1.69. The van der Waals surface area contributed by atoms with E-state index in [0.29, 0.717) is 6.54 Å². The molecule has 0 amide bonds. The number of aryl methyl sites for hydroxylation is 1. The quantitative estimate of drug-likeness (QED) is 0.446. The standard InChI is InChI=1S/C16H28N4O.HI/c1-8-17-15(20-16(4,5)6)19-10-13-12(3)14(21-7)11(2)9-18-13;/h9H,8,10H2,1-7H3,(H2,17,19,20);1H. The van der Waals surface area contributed by atoms with Crippen LogP contribution >= 0.6 is 24.0 Å². The van der Waals surface area contributed by atoms with Gasteiger partial charge in [0.1, 0.15) is 5.75 Å². The third-order valence-corrected chi connectivity index (χ3v) is 2.97. The van der Waals surface area contributed by atoms with Crippen molar-refractivity contribution in [3.63, 3.8) is 0 Å². The topological polar surface area (TPSA) is 58.5 Å². The molecular formula is C16H29IN4O. The third kappa shape index (κ3) is 6.37. The molecule has 0 fully saturated rings. The van der Waals surface area contributed by atoms with Crippen LogP contribution in [0.3, 0.4) is 0 Å². The van der Waals surface area contributed by atoms with Crippen molar-refractivity contribution in [3.05, 3.63) is 23.0 Å². The lowest BCUT2D eigenvalue weighted by Gasteiger charge is -2.23. The molecule has 0 unspecified atom stereocenters. The molecule has 1 aromatic rings. The predicted octanol–water partition coefficient (Wildman–Crippen LogP) is 3.18. The predicted molar refractivity (Wildman–Crippen MR) is 103 cm³/mol. The maximum Gasteiger partial charge on any atom is 0.192 e. The van der Waals surface area contributed by atoms with E-state index in [1.165, 1.54) is 0 Å². The smallest absolute Gasteiger partial charge is 0.192 e. The number of guanidine groups is 1. The molecule has 0 aliphatic heterocycles. The van der Waals surface area contributed by atoms with Gasteiger partial charge in [0, 0.05) is 29.4 Å². The van der Waals surface area contributed by atoms with Crippen LogP contribution in [-0.4, -0.2) is 30.1 Å². The Kier molecular flexibility index (Phi) is 8.73. The molecule has 0 bridgehead atoms. The first-order valence-electron chi connectivity index (χ1n) is 7.34. The van der Waals surface area contributed by atoms with Crippen molar-refractivity contribution in [2.75, 3.05) is 13.7 Å². The number of hydrogen-bond donors (Lipinski definition) is 2. The van der Waals surface area contributed by atoms with Crippen molar-refractivity contribution >= 4 is 29.9 Å². The van der Waals surface area contributed by atoms with Gasteiger partial charge < -0.3 is 15.4 Å². The lowest BCUT2D eigenvalue weighted by atomic mass is 10.1. The van der Waals surface area contributed by atoms with Crippen molar-refractivity contribution < 1.29 is 4.74 Å². The van der Waals surface area contributed by atoms with Gasteiger partial charge in [0.15, 0.2) is 5.96 Å². The maximum atomic E-state index is 5.43. The molecule has 6 heteroatoms. The van der Waals surface area contributed by atoms with Crippen molar-refractivity contribution in [2.24, 2.45) is 4.99 Å². The second kappa shape index (κ2) is 9.17. The van der Waals surface area contributed by atoms with Crippen molar-refractivity contribution in [2.45, 2.75) is 53.6 Å². The molecule has 0 aromatic carbocycles. The molecule has 2 N–H and O–H groups in total. The Labute approximate surface area is 151 Å². The van der Waals surface area contributed by atoms with E-state index in [0.717, 1.165) is 35.1 Å². The van der Waals surface area contributed by atoms with Crippen molar-refractivity contribution in [3.8, 4) is 5.75 Å². The number of hydrogen-bond acceptors (Lipinski definition) is 3. The molecule has 22 heavy (non-hydrogen) atoms. The first-order valence-corrected chi connectivity index (χ1v) is 7.34. The molecule has 5 nitrogen and oxygen atoms in total. The van der Waals surface area contributed by atoms with Crippen LogP contribution < -0.4 is 15.4 Å². The van der Waals surface area contributed by atoms with E-state index in [9.17, 15) is 0 Å². The number of halogens is 1. The van der Waals surface area contributed by atoms with E-state index in [4.69, 9.17) is 4.74 Å². The van der Waals surface area contributed by atoms with Gasteiger partial charge in [0.2, 0.25) is 0 Å². The summed E-state index contributed by atoms with van der Waals surface area (Å²) in [5.41, 5.74) is 2.99. The summed E-state index contributed by atoms with van der Waals surface area (Å²) >= 11 is 0. The van der Waals surface area contributed by atoms with E-state index >= 15 is 0 Å². The van der Waals surface area contributed by atoms with E-state index in [1.54, 1.807) is 7.11 Å². The number of aliphatic imine (C=N–C) groups is 1. The van der Waals surface area contributed by atoms with E-state index in [2.05, 4.69) is 48.3 Å². The molecule has 0 saturated heterocycles. The number of pyridine rings is 1. The highest BCUT2D eigenvalue weighted by molar-refractivity contribution is 14.0. The van der Waals surface area contributed by atoms with Gasteiger partial charge in [0.25, 0.3) is 0 Å². The average Bonchev–Trinajstić information content (AvgIpc) is 2.36. The highest BCUT2D eigenvalue weighted by atomic mass is 127. The molecule has 0 saturated carbocycles. The Morgan fingerprint density at radius 2 is 1.95 bits per heavy atom. The summed E-state index contributed by atoms with van der Waals surface area (Å²) in [6.07, 6.45) is 1.83. The van der Waals surface area contributed by atoms with Crippen LogP contribution in [0.1, 0.15) is 44.5 Å². The molecule has 0 radical (unpaired) electrons. The van der Waals surface area contributed by atoms with Crippen LogP contribution in [0.5, 0.6) is 5.75 Å². The Bertz CT molecular complexity index is 510. The number of nitrogens with zero attached hydrogens (tertiary/aromatic N) is 2. The van der Waals surface area contributed by atoms with Crippen LogP contribution in [0.2, 0.25) is 0 Å². The molecule has 126 valence electrons. The Balaban J connectivity index is 0.00000441. The van der Waals surface area contributed by atoms with E-state index in [1.807, 2.05) is 20.0 Å². The fourth-order valence-electron chi connectivity index (χ4n) is 2.05. The van der Waals surface area contributed by atoms with Gasteiger partial charge in [-0.05, 0) is 41.5 Å². The summed E-state index contributed by atoms with van der Waals surface area (Å²) in [6.45, 7) is 13.7. The zero-order valence-corrected chi connectivity index (χ0v) is 17.0. The van der Waals surface area contributed by atoms with Crippen molar-refractivity contribution in [1.82, 2.24) is 15.6 Å². The van der Waals surface area contributed by atoms with Crippen LogP contribution in [0.4, 0.5) is 0 Å². The van der Waals surface area contributed by atoms with Gasteiger partial charge in [-0.2, -0.15) is 0 Å². The molecule has 0 aliphatic carbocycles. The summed E-state index contributed by atoms with van der Waals surface area (Å²) < 4.78 is 5.43. The first kappa shape index (κ1) is 20.9. The van der Waals surface area contributed by atoms with Gasteiger partial charge in [0.05, 0.1) is 19.3 Å². The Morgan fingerprint density at radius 3 is 2.45 bits per heavy atom. The normalized spacial score (nSPS) is 11.7. The number of ether oxygens (including phenoxy) is 1. The Morgan fingerprint density at radius 1 is 1.32 bits per heavy atom. The molecule has 0 spiro atoms. The fraction of sp³-hybridized carbons (Fsp3) is 0.625. The fourth-order valence-corrected chi connectivity index (χ4v) is 2.05. The second-order valence-electron chi connectivity index (χ2n) is 6.12. The third-order valence-electron chi connectivity index (χ3n) is 2.97. The first-order chi connectivity index (χ1) is 9.78. The van der Waals surface area contributed by atoms with Crippen LogP contribution in [0, 0.1) is 13.8 Å². The minimum Gasteiger partial charge on any atom is -0.496 e. The molecule has 1 heterocycles. The van der Waals surface area contributed by atoms with Gasteiger partial charge in [-0.15, -0.1) is 24.0 Å². The van der Waals surface area contributed by atoms with Crippen molar-refractivity contribution in [1.29, 1.82) is 0 Å². The summed E-state index contributed by atoms with van der Waals surface area (Å²) in [5, 5.41) is 6.62. The second-order valence-corrected chi connectivity index (χ2v) is 6.12. The minimum absolute atomic E-state index is 0. The Hall–Kier alpha value is -1.05. The maximum absolute atomic E-state index is 5.43. The molecule has 1 aromatic heterocycles. The molecule has 0 aliphatic rings. The van der Waals surface area contributed by atoms with Crippen LogP contribution in [0.25, 0.3) is 0 Å². The number of rotatable bonds is 4. The highest BCUT2D eigenvalue weighted by Crippen LogP contribution is 2.24. The number of nitrogens with one attached hydrogen (secondary N) is 2. The number of methoxy groups -OCH3 is 1. The van der Waals surface area contributed by atoms with E-state index < -0.39 is 0 Å². The van der Waals surface area contributed by atoms with Crippen LogP contribution in [-0.2, 0) is 6.54 Å². The van der Waals surface area contributed by atoms with Gasteiger partial charge in [-0.3, -0.25) is 4.98 Å². The molecule has 1 rings (SSSR count). The zero-order valence-electron chi connectivity index (χ0n) is 14.7. The van der Waals surface area contributed by atoms with Gasteiger partial charge in [-0.1, -0.05) is 0 Å². The minimum atomic E-state index is -0.0333. The molecular weight excluding hydrogens is 391 g/mol. The molecule has 0 atom stereocenters. The zero-order chi connectivity index (χ0) is 16.0. The summed E-state index contributed by atoms with van der Waals surface area (Å²) in [7, 11) is 1.69. The highest BCUT2D eigenvalue weighted by Gasteiger charge is 2.13. The summed E-state index contributed by atoms with van der Waals surface area (Å²) in [4.78, 5) is 9.08. The summed E-state index contributed by atoms with van der Waals surface area (Å²) in [6, 6.07) is 0. The number of aromatic nitrogens is 1. The van der Waals surface area contributed by atoms with Crippen LogP contribution in [0.15, 0.2) is 11.2 Å². The average molecular weight is 420 g/mol.